The fourth-order valence-electron chi connectivity index (χ4n) is 3.72. The van der Waals surface area contributed by atoms with E-state index in [1.54, 1.807) is 0 Å². The number of likely N-dealkylation sites (tertiary alicyclic amines) is 1. The number of nitrogens with two attached hydrogens (primary N) is 3. The first-order chi connectivity index (χ1) is 16.6. The van der Waals surface area contributed by atoms with Gasteiger partial charge in [0.2, 0.25) is 17.7 Å². The van der Waals surface area contributed by atoms with E-state index in [0.717, 1.165) is 0 Å². The Morgan fingerprint density at radius 2 is 2.00 bits per heavy atom. The molecule has 0 bridgehead atoms. The van der Waals surface area contributed by atoms with Gasteiger partial charge >= 0.3 is 5.97 Å². The Labute approximate surface area is 201 Å². The Hall–Kier alpha value is -3.72. The van der Waals surface area contributed by atoms with E-state index in [4.69, 9.17) is 17.2 Å². The molecule has 0 aliphatic carbocycles. The minimum Gasteiger partial charge on any atom is -0.480 e. The number of aliphatic carboxylic acids is 1. The molecule has 2 heterocycles. The number of hydrogen-bond acceptors (Lipinski definition) is 8. The van der Waals surface area contributed by atoms with Gasteiger partial charge in [0.05, 0.1) is 12.9 Å². The Kier molecular flexibility index (Phi) is 10.4. The van der Waals surface area contributed by atoms with E-state index in [0.29, 0.717) is 25.0 Å². The minimum atomic E-state index is -1.27. The highest BCUT2D eigenvalue weighted by molar-refractivity contribution is 5.94. The second-order valence-corrected chi connectivity index (χ2v) is 8.17. The smallest absolute Gasteiger partial charge is 0.326 e. The molecule has 1 aromatic heterocycles. The van der Waals surface area contributed by atoms with E-state index in [-0.39, 0.29) is 31.9 Å². The molecule has 1 aliphatic rings. The van der Waals surface area contributed by atoms with Crippen molar-refractivity contribution in [3.63, 3.8) is 0 Å². The van der Waals surface area contributed by atoms with Crippen LogP contribution in [-0.2, 0) is 25.6 Å². The number of H-pyrrole nitrogens is 1. The number of carboxylic acid groups (broad SMARTS) is 1. The van der Waals surface area contributed by atoms with Gasteiger partial charge in [-0.3, -0.25) is 19.4 Å². The van der Waals surface area contributed by atoms with Gasteiger partial charge in [-0.15, -0.1) is 0 Å². The maximum atomic E-state index is 13.0. The molecule has 35 heavy (non-hydrogen) atoms. The van der Waals surface area contributed by atoms with Crippen LogP contribution in [-0.4, -0.2) is 98.6 Å². The van der Waals surface area contributed by atoms with Crippen molar-refractivity contribution >= 4 is 29.7 Å². The average Bonchev–Trinajstić information content (AvgIpc) is 3.51. The van der Waals surface area contributed by atoms with Crippen LogP contribution in [0.4, 0.5) is 0 Å². The molecule has 1 aromatic rings. The van der Waals surface area contributed by atoms with E-state index in [1.807, 2.05) is 0 Å². The number of nitrogens with zero attached hydrogens (tertiary/aromatic N) is 3. The van der Waals surface area contributed by atoms with Gasteiger partial charge in [0, 0.05) is 31.4 Å². The summed E-state index contributed by atoms with van der Waals surface area (Å²) in [5.74, 6) is -3.24. The lowest BCUT2D eigenvalue weighted by Crippen LogP contribution is -2.57. The number of guanidine groups is 1. The molecule has 0 spiro atoms. The maximum absolute atomic E-state index is 13.0. The van der Waals surface area contributed by atoms with Gasteiger partial charge in [-0.25, -0.2) is 9.78 Å². The molecule has 1 aliphatic heterocycles. The maximum Gasteiger partial charge on any atom is 0.326 e. The van der Waals surface area contributed by atoms with Crippen LogP contribution in [0, 0.1) is 0 Å². The number of aromatic nitrogens is 2. The van der Waals surface area contributed by atoms with Gasteiger partial charge in [-0.05, 0) is 25.7 Å². The summed E-state index contributed by atoms with van der Waals surface area (Å²) in [5, 5.41) is 23.8. The van der Waals surface area contributed by atoms with Gasteiger partial charge < -0.3 is 47.9 Å². The Balaban J connectivity index is 2.12. The molecule has 1 fully saturated rings. The Morgan fingerprint density at radius 1 is 1.26 bits per heavy atom. The van der Waals surface area contributed by atoms with Crippen LogP contribution >= 0.6 is 0 Å². The van der Waals surface area contributed by atoms with Crippen molar-refractivity contribution in [2.75, 3.05) is 19.7 Å². The molecule has 1 saturated heterocycles. The summed E-state index contributed by atoms with van der Waals surface area (Å²) >= 11 is 0. The van der Waals surface area contributed by atoms with Crippen molar-refractivity contribution in [3.05, 3.63) is 18.2 Å². The van der Waals surface area contributed by atoms with Crippen molar-refractivity contribution in [2.45, 2.75) is 56.3 Å². The van der Waals surface area contributed by atoms with Gasteiger partial charge in [0.1, 0.15) is 24.2 Å². The monoisotopic (exact) mass is 495 g/mol. The van der Waals surface area contributed by atoms with Gasteiger partial charge in [-0.2, -0.15) is 0 Å². The lowest BCUT2D eigenvalue weighted by atomic mass is 10.1. The lowest BCUT2D eigenvalue weighted by molar-refractivity contribution is -0.143. The van der Waals surface area contributed by atoms with Crippen LogP contribution in [0.1, 0.15) is 31.4 Å². The zero-order chi connectivity index (χ0) is 26.0. The Morgan fingerprint density at radius 3 is 2.60 bits per heavy atom. The summed E-state index contributed by atoms with van der Waals surface area (Å²) in [5.41, 5.74) is 16.8. The van der Waals surface area contributed by atoms with Gasteiger partial charge in [0.25, 0.3) is 0 Å². The molecule has 2 rings (SSSR count). The predicted octanol–water partition coefficient (Wildman–Crippen LogP) is -3.63. The first kappa shape index (κ1) is 27.5. The number of carbonyl (C=O) groups excluding carboxylic acids is 3. The summed E-state index contributed by atoms with van der Waals surface area (Å²) < 4.78 is 0. The van der Waals surface area contributed by atoms with Gasteiger partial charge in [0.15, 0.2) is 5.96 Å². The Bertz CT molecular complexity index is 903. The summed E-state index contributed by atoms with van der Waals surface area (Å²) in [4.78, 5) is 61.9. The zero-order valence-corrected chi connectivity index (χ0v) is 19.2. The zero-order valence-electron chi connectivity index (χ0n) is 19.2. The molecular formula is C20H33N9O6. The number of aliphatic imine (C=N–C) groups is 1. The van der Waals surface area contributed by atoms with E-state index < -0.39 is 54.5 Å². The van der Waals surface area contributed by atoms with E-state index >= 15 is 0 Å². The number of amides is 3. The predicted molar refractivity (Wildman–Crippen MR) is 123 cm³/mol. The molecule has 3 amide bonds. The molecule has 4 atom stereocenters. The van der Waals surface area contributed by atoms with Crippen molar-refractivity contribution in [3.8, 4) is 0 Å². The van der Waals surface area contributed by atoms with E-state index in [1.165, 1.54) is 17.4 Å². The molecule has 11 N–H and O–H groups in total. The second kappa shape index (κ2) is 13.2. The van der Waals surface area contributed by atoms with Crippen molar-refractivity contribution in [2.24, 2.45) is 22.2 Å². The highest BCUT2D eigenvalue weighted by Crippen LogP contribution is 2.19. The van der Waals surface area contributed by atoms with Crippen molar-refractivity contribution in [1.82, 2.24) is 25.5 Å². The molecule has 15 heteroatoms. The topological polar surface area (TPSA) is 255 Å². The van der Waals surface area contributed by atoms with E-state index in [9.17, 15) is 29.4 Å². The number of aliphatic hydroxyl groups is 1. The van der Waals surface area contributed by atoms with Crippen LogP contribution in [0.15, 0.2) is 17.5 Å². The van der Waals surface area contributed by atoms with E-state index in [2.05, 4.69) is 25.6 Å². The summed E-state index contributed by atoms with van der Waals surface area (Å²) in [6, 6.07) is -4.40. The molecule has 0 aromatic carbocycles. The molecule has 15 nitrogen and oxygen atoms in total. The number of aromatic amines is 1. The van der Waals surface area contributed by atoms with Crippen LogP contribution in [0.5, 0.6) is 0 Å². The number of carboxylic acids is 1. The fourth-order valence-corrected chi connectivity index (χ4v) is 3.72. The number of imidazole rings is 1. The minimum absolute atomic E-state index is 0.0420. The largest absolute Gasteiger partial charge is 0.480 e. The number of nitrogens with one attached hydrogen (secondary N) is 3. The fraction of sp³-hybridized carbons (Fsp3) is 0.600. The van der Waals surface area contributed by atoms with Crippen LogP contribution in [0.3, 0.4) is 0 Å². The molecular weight excluding hydrogens is 462 g/mol. The third kappa shape index (κ3) is 8.22. The summed E-state index contributed by atoms with van der Waals surface area (Å²) in [6.45, 7) is -0.0818. The first-order valence-corrected chi connectivity index (χ1v) is 11.2. The standard InChI is InChI=1S/C20H33N9O6/c21-12(9-30)18(33)29-6-2-4-15(29)17(32)27-13(3-1-5-25-20(22)23)16(31)28-14(19(34)35)7-11-8-24-10-26-11/h8,10,12-15,30H,1-7,9,21H2,(H,24,26)(H,27,32)(H,28,31)(H,34,35)(H4,22,23,25). The number of carbonyl (C=O) groups is 4. The third-order valence-electron chi connectivity index (χ3n) is 5.52. The highest BCUT2D eigenvalue weighted by Gasteiger charge is 2.37. The van der Waals surface area contributed by atoms with Crippen LogP contribution in [0.2, 0.25) is 0 Å². The third-order valence-corrected chi connectivity index (χ3v) is 5.52. The average molecular weight is 496 g/mol. The first-order valence-electron chi connectivity index (χ1n) is 11.2. The molecule has 194 valence electrons. The SMILES string of the molecule is NC(N)=NCCCC(NC(=O)C1CCCN1C(=O)C(N)CO)C(=O)NC(Cc1cnc[nH]1)C(=O)O. The normalized spacial score (nSPS) is 17.8. The summed E-state index contributed by atoms with van der Waals surface area (Å²) in [6.07, 6.45) is 4.13. The molecule has 0 saturated carbocycles. The highest BCUT2D eigenvalue weighted by atomic mass is 16.4. The lowest BCUT2D eigenvalue weighted by Gasteiger charge is -2.28. The van der Waals surface area contributed by atoms with Crippen LogP contribution < -0.4 is 27.8 Å². The second-order valence-electron chi connectivity index (χ2n) is 8.17. The number of hydrogen-bond donors (Lipinski definition) is 8. The summed E-state index contributed by atoms with van der Waals surface area (Å²) in [7, 11) is 0. The van der Waals surface area contributed by atoms with Gasteiger partial charge in [-0.1, -0.05) is 0 Å². The van der Waals surface area contributed by atoms with Crippen molar-refractivity contribution < 1.29 is 29.4 Å². The van der Waals surface area contributed by atoms with Crippen molar-refractivity contribution in [1.29, 1.82) is 0 Å². The molecule has 0 radical (unpaired) electrons. The molecule has 4 unspecified atom stereocenters. The number of aliphatic hydroxyl groups excluding tert-OH is 1. The van der Waals surface area contributed by atoms with Crippen LogP contribution in [0.25, 0.3) is 0 Å². The number of rotatable bonds is 13. The quantitative estimate of drug-likeness (QED) is 0.0756.